The van der Waals surface area contributed by atoms with E-state index in [4.69, 9.17) is 4.74 Å². The maximum atomic E-state index is 14.1. The number of amides is 1. The van der Waals surface area contributed by atoms with Gasteiger partial charge in [0.25, 0.3) is 0 Å². The highest BCUT2D eigenvalue weighted by Crippen LogP contribution is 2.35. The highest BCUT2D eigenvalue weighted by atomic mass is 32.2. The Morgan fingerprint density at radius 3 is 2.41 bits per heavy atom. The van der Waals surface area contributed by atoms with Gasteiger partial charge in [-0.3, -0.25) is 0 Å². The highest BCUT2D eigenvalue weighted by Gasteiger charge is 2.33. The van der Waals surface area contributed by atoms with Gasteiger partial charge in [0, 0.05) is 31.4 Å². The molecule has 0 atom stereocenters. The lowest BCUT2D eigenvalue weighted by molar-refractivity contribution is 0.0205. The van der Waals surface area contributed by atoms with Crippen molar-refractivity contribution in [3.63, 3.8) is 0 Å². The molecular formula is C24H29FN2O4S. The van der Waals surface area contributed by atoms with Crippen molar-refractivity contribution in [1.29, 1.82) is 0 Å². The number of hydrogen-bond acceptors (Lipinski definition) is 5. The lowest BCUT2D eigenvalue weighted by Crippen LogP contribution is -2.47. The molecule has 0 aromatic heterocycles. The van der Waals surface area contributed by atoms with E-state index in [1.54, 1.807) is 17.0 Å². The molecule has 32 heavy (non-hydrogen) atoms. The van der Waals surface area contributed by atoms with Crippen LogP contribution < -0.4 is 4.90 Å². The summed E-state index contributed by atoms with van der Waals surface area (Å²) in [4.78, 5) is 16.2. The molecule has 2 aromatic carbocycles. The minimum atomic E-state index is -3.92. The second kappa shape index (κ2) is 8.39. The number of sulfone groups is 1. The Hall–Kier alpha value is -2.61. The molecule has 2 aliphatic rings. The summed E-state index contributed by atoms with van der Waals surface area (Å²) in [6.45, 7) is 7.64. The Bertz CT molecular complexity index is 1120. The smallest absolute Gasteiger partial charge is 0.410 e. The fourth-order valence-corrected chi connectivity index (χ4v) is 5.81. The van der Waals surface area contributed by atoms with Gasteiger partial charge in [-0.2, -0.15) is 0 Å². The van der Waals surface area contributed by atoms with Crippen LogP contribution in [0.5, 0.6) is 0 Å². The lowest BCUT2D eigenvalue weighted by Gasteiger charge is -2.38. The molecule has 6 nitrogen and oxygen atoms in total. The van der Waals surface area contributed by atoms with Crippen LogP contribution in [0.25, 0.3) is 0 Å². The maximum Gasteiger partial charge on any atom is 0.410 e. The molecule has 172 valence electrons. The van der Waals surface area contributed by atoms with Crippen molar-refractivity contribution >= 4 is 21.6 Å². The van der Waals surface area contributed by atoms with Crippen molar-refractivity contribution in [2.45, 2.75) is 61.5 Å². The summed E-state index contributed by atoms with van der Waals surface area (Å²) in [7, 11) is -3.92. The number of hydrogen-bond donors (Lipinski definition) is 0. The van der Waals surface area contributed by atoms with E-state index < -0.39 is 21.3 Å². The standard InChI is InChI=1S/C24H29FN2O4S/c1-24(2,3)31-23(28)26-13-11-18(12-14-26)27-15-10-17-16-19(8-9-21(17)27)32(29,30)22-7-5-4-6-20(22)25/h4-9,16,18H,10-15H2,1-3H3. The van der Waals surface area contributed by atoms with Crippen molar-refractivity contribution in [3.8, 4) is 0 Å². The van der Waals surface area contributed by atoms with E-state index in [9.17, 15) is 17.6 Å². The number of anilines is 1. The minimum absolute atomic E-state index is 0.114. The number of benzene rings is 2. The van der Waals surface area contributed by atoms with Crippen molar-refractivity contribution in [2.75, 3.05) is 24.5 Å². The number of ether oxygens (including phenoxy) is 1. The molecule has 0 spiro atoms. The van der Waals surface area contributed by atoms with E-state index in [1.165, 1.54) is 18.2 Å². The fourth-order valence-electron chi connectivity index (χ4n) is 4.43. The van der Waals surface area contributed by atoms with Gasteiger partial charge in [-0.15, -0.1) is 0 Å². The highest BCUT2D eigenvalue weighted by molar-refractivity contribution is 7.91. The van der Waals surface area contributed by atoms with Crippen LogP contribution in [-0.4, -0.2) is 50.7 Å². The molecule has 0 radical (unpaired) electrons. The van der Waals surface area contributed by atoms with Gasteiger partial charge >= 0.3 is 6.09 Å². The number of carbonyl (C=O) groups excluding carboxylic acids is 1. The van der Waals surface area contributed by atoms with Crippen LogP contribution in [-0.2, 0) is 21.0 Å². The third-order valence-electron chi connectivity index (χ3n) is 5.98. The third kappa shape index (κ3) is 4.46. The molecule has 1 saturated heterocycles. The van der Waals surface area contributed by atoms with Crippen LogP contribution in [0.15, 0.2) is 52.3 Å². The van der Waals surface area contributed by atoms with Gasteiger partial charge in [-0.05, 0) is 75.9 Å². The van der Waals surface area contributed by atoms with Crippen LogP contribution in [0.4, 0.5) is 14.9 Å². The van der Waals surface area contributed by atoms with Gasteiger partial charge in [0.1, 0.15) is 16.3 Å². The number of likely N-dealkylation sites (tertiary alicyclic amines) is 1. The number of halogens is 1. The van der Waals surface area contributed by atoms with Gasteiger partial charge in [0.15, 0.2) is 0 Å². The van der Waals surface area contributed by atoms with Crippen LogP contribution in [0, 0.1) is 5.82 Å². The molecule has 2 aliphatic heterocycles. The molecule has 0 saturated carbocycles. The molecule has 2 heterocycles. The Labute approximate surface area is 188 Å². The number of rotatable bonds is 3. The van der Waals surface area contributed by atoms with Gasteiger partial charge in [0.05, 0.1) is 4.90 Å². The average Bonchev–Trinajstić information content (AvgIpc) is 3.16. The summed E-state index contributed by atoms with van der Waals surface area (Å²) in [5, 5.41) is 0. The van der Waals surface area contributed by atoms with Crippen LogP contribution in [0.3, 0.4) is 0 Å². The second-order valence-corrected chi connectivity index (χ2v) is 11.3. The van der Waals surface area contributed by atoms with Gasteiger partial charge in [-0.1, -0.05) is 12.1 Å². The average molecular weight is 461 g/mol. The zero-order chi connectivity index (χ0) is 23.1. The minimum Gasteiger partial charge on any atom is -0.444 e. The van der Waals surface area contributed by atoms with E-state index in [0.717, 1.165) is 43.1 Å². The molecule has 2 aromatic rings. The summed E-state index contributed by atoms with van der Waals surface area (Å²) in [6, 6.07) is 10.8. The van der Waals surface area contributed by atoms with Crippen LogP contribution in [0.2, 0.25) is 0 Å². The van der Waals surface area contributed by atoms with Gasteiger partial charge < -0.3 is 14.5 Å². The molecule has 0 aliphatic carbocycles. The van der Waals surface area contributed by atoms with Crippen molar-refractivity contribution in [1.82, 2.24) is 4.90 Å². The molecule has 0 bridgehead atoms. The van der Waals surface area contributed by atoms with Gasteiger partial charge in [-0.25, -0.2) is 17.6 Å². The summed E-state index contributed by atoms with van der Waals surface area (Å²) in [6.07, 6.45) is 2.12. The topological polar surface area (TPSA) is 66.9 Å². The molecule has 0 N–H and O–H groups in total. The fraction of sp³-hybridized carbons (Fsp3) is 0.458. The van der Waals surface area contributed by atoms with Crippen LogP contribution in [0.1, 0.15) is 39.2 Å². The molecule has 0 unspecified atom stereocenters. The largest absolute Gasteiger partial charge is 0.444 e. The summed E-state index contributed by atoms with van der Waals surface area (Å²) in [5.41, 5.74) is 1.47. The Kier molecular flexibility index (Phi) is 5.92. The molecule has 4 rings (SSSR count). The normalized spacial score (nSPS) is 17.4. The van der Waals surface area contributed by atoms with E-state index in [1.807, 2.05) is 26.8 Å². The summed E-state index contributed by atoms with van der Waals surface area (Å²) >= 11 is 0. The van der Waals surface area contributed by atoms with Gasteiger partial charge in [0.2, 0.25) is 9.84 Å². The number of nitrogens with zero attached hydrogens (tertiary/aromatic N) is 2. The quantitative estimate of drug-likeness (QED) is 0.678. The predicted molar refractivity (Wildman–Crippen MR) is 120 cm³/mol. The predicted octanol–water partition coefficient (Wildman–Crippen LogP) is 4.42. The third-order valence-corrected chi connectivity index (χ3v) is 7.76. The van der Waals surface area contributed by atoms with Crippen LogP contribution >= 0.6 is 0 Å². The Morgan fingerprint density at radius 2 is 1.75 bits per heavy atom. The number of fused-ring (bicyclic) bond motifs is 1. The first kappa shape index (κ1) is 22.6. The number of carbonyl (C=O) groups is 1. The molecule has 1 fully saturated rings. The summed E-state index contributed by atoms with van der Waals surface area (Å²) in [5.74, 6) is -0.744. The summed E-state index contributed by atoms with van der Waals surface area (Å²) < 4.78 is 45.4. The lowest BCUT2D eigenvalue weighted by atomic mass is 10.0. The molecular weight excluding hydrogens is 431 g/mol. The van der Waals surface area contributed by atoms with Crippen molar-refractivity contribution in [3.05, 3.63) is 53.8 Å². The molecule has 1 amide bonds. The first-order valence-corrected chi connectivity index (χ1v) is 12.4. The van der Waals surface area contributed by atoms with E-state index in [2.05, 4.69) is 4.90 Å². The molecule has 8 heteroatoms. The maximum absolute atomic E-state index is 14.1. The first-order valence-electron chi connectivity index (χ1n) is 10.9. The monoisotopic (exact) mass is 460 g/mol. The SMILES string of the molecule is CC(C)(C)OC(=O)N1CCC(N2CCc3cc(S(=O)(=O)c4ccccc4F)ccc32)CC1. The van der Waals surface area contributed by atoms with E-state index in [0.29, 0.717) is 13.1 Å². The second-order valence-electron chi connectivity index (χ2n) is 9.37. The Morgan fingerprint density at radius 1 is 1.06 bits per heavy atom. The zero-order valence-electron chi connectivity index (χ0n) is 18.7. The van der Waals surface area contributed by atoms with E-state index >= 15 is 0 Å². The van der Waals surface area contributed by atoms with E-state index in [-0.39, 0.29) is 21.9 Å². The van der Waals surface area contributed by atoms with Crippen molar-refractivity contribution in [2.24, 2.45) is 0 Å². The zero-order valence-corrected chi connectivity index (χ0v) is 19.5. The first-order chi connectivity index (χ1) is 15.1. The number of piperidine rings is 1. The Balaban J connectivity index is 1.47. The van der Waals surface area contributed by atoms with Crippen molar-refractivity contribution < 1.29 is 22.3 Å².